The quantitative estimate of drug-likeness (QED) is 0.937. The molecule has 0 aliphatic carbocycles. The van der Waals surface area contributed by atoms with E-state index in [1.165, 1.54) is 0 Å². The number of pyridine rings is 1. The van der Waals surface area contributed by atoms with Crippen molar-refractivity contribution in [3.63, 3.8) is 0 Å². The fourth-order valence-electron chi connectivity index (χ4n) is 1.42. The molecular weight excluding hydrogens is 280 g/mol. The van der Waals surface area contributed by atoms with Crippen molar-refractivity contribution in [2.24, 2.45) is 0 Å². The molecule has 17 heavy (non-hydrogen) atoms. The second-order valence-corrected chi connectivity index (χ2v) is 4.45. The molecule has 0 bridgehead atoms. The van der Waals surface area contributed by atoms with Gasteiger partial charge in [-0.15, -0.1) is 0 Å². The summed E-state index contributed by atoms with van der Waals surface area (Å²) in [6.45, 7) is 0.513. The Balaban J connectivity index is 2.02. The van der Waals surface area contributed by atoms with Crippen molar-refractivity contribution in [3.8, 4) is 5.88 Å². The van der Waals surface area contributed by atoms with Crippen LogP contribution in [0.2, 0.25) is 0 Å². The van der Waals surface area contributed by atoms with E-state index >= 15 is 0 Å². The molecule has 1 aromatic carbocycles. The number of aromatic nitrogens is 1. The minimum absolute atomic E-state index is 0.513. The molecule has 88 valence electrons. The Morgan fingerprint density at radius 3 is 2.82 bits per heavy atom. The predicted molar refractivity (Wildman–Crippen MR) is 72.3 cm³/mol. The van der Waals surface area contributed by atoms with Crippen LogP contribution in [0.3, 0.4) is 0 Å². The lowest BCUT2D eigenvalue weighted by Gasteiger charge is -2.07. The molecule has 0 aliphatic heterocycles. The molecule has 0 amide bonds. The van der Waals surface area contributed by atoms with Crippen molar-refractivity contribution in [3.05, 3.63) is 52.5 Å². The van der Waals surface area contributed by atoms with Crippen LogP contribution in [0.5, 0.6) is 5.88 Å². The van der Waals surface area contributed by atoms with Gasteiger partial charge in [0.25, 0.3) is 0 Å². The lowest BCUT2D eigenvalue weighted by Crippen LogP contribution is -1.99. The first-order valence-electron chi connectivity index (χ1n) is 5.30. The van der Waals surface area contributed by atoms with Crippen molar-refractivity contribution in [2.45, 2.75) is 6.61 Å². The van der Waals surface area contributed by atoms with E-state index in [9.17, 15) is 0 Å². The van der Waals surface area contributed by atoms with Crippen LogP contribution in [0.25, 0.3) is 0 Å². The maximum atomic E-state index is 5.62. The lowest BCUT2D eigenvalue weighted by atomic mass is 10.2. The van der Waals surface area contributed by atoms with E-state index in [4.69, 9.17) is 4.74 Å². The van der Waals surface area contributed by atoms with Gasteiger partial charge in [0, 0.05) is 17.6 Å². The first-order valence-corrected chi connectivity index (χ1v) is 6.09. The second kappa shape index (κ2) is 5.68. The van der Waals surface area contributed by atoms with Gasteiger partial charge in [-0.2, -0.15) is 4.98 Å². The van der Waals surface area contributed by atoms with Gasteiger partial charge in [0.05, 0.1) is 0 Å². The van der Waals surface area contributed by atoms with Gasteiger partial charge >= 0.3 is 0 Å². The first kappa shape index (κ1) is 11.9. The highest BCUT2D eigenvalue weighted by Crippen LogP contribution is 2.15. The third kappa shape index (κ3) is 3.46. The van der Waals surface area contributed by atoms with E-state index in [1.54, 1.807) is 0 Å². The molecule has 1 heterocycles. The molecule has 0 atom stereocenters. The van der Waals surface area contributed by atoms with Crippen LogP contribution >= 0.6 is 15.9 Å². The summed E-state index contributed by atoms with van der Waals surface area (Å²) in [5, 5.41) is 2.98. The third-order valence-electron chi connectivity index (χ3n) is 2.26. The van der Waals surface area contributed by atoms with Crippen LogP contribution in [0.15, 0.2) is 46.9 Å². The van der Waals surface area contributed by atoms with Crippen LogP contribution < -0.4 is 10.1 Å². The topological polar surface area (TPSA) is 34.1 Å². The molecule has 4 heteroatoms. The van der Waals surface area contributed by atoms with E-state index in [-0.39, 0.29) is 0 Å². The molecule has 0 aliphatic rings. The van der Waals surface area contributed by atoms with Crippen LogP contribution in [0.4, 0.5) is 5.82 Å². The minimum atomic E-state index is 0.513. The molecular formula is C13H13BrN2O. The second-order valence-electron chi connectivity index (χ2n) is 3.53. The van der Waals surface area contributed by atoms with Crippen LogP contribution in [0.1, 0.15) is 5.56 Å². The van der Waals surface area contributed by atoms with Crippen LogP contribution in [-0.2, 0) is 6.61 Å². The number of nitrogens with one attached hydrogen (secondary N) is 1. The van der Waals surface area contributed by atoms with Gasteiger partial charge in [-0.1, -0.05) is 34.1 Å². The first-order chi connectivity index (χ1) is 8.28. The van der Waals surface area contributed by atoms with E-state index in [1.807, 2.05) is 49.5 Å². The Morgan fingerprint density at radius 1 is 1.24 bits per heavy atom. The SMILES string of the molecule is CNc1cccc(OCc2cccc(Br)c2)n1. The molecule has 0 unspecified atom stereocenters. The van der Waals surface area contributed by atoms with Gasteiger partial charge in [0.2, 0.25) is 5.88 Å². The van der Waals surface area contributed by atoms with Gasteiger partial charge < -0.3 is 10.1 Å². The monoisotopic (exact) mass is 292 g/mol. The van der Waals surface area contributed by atoms with Gasteiger partial charge in [0.1, 0.15) is 12.4 Å². The molecule has 1 aromatic heterocycles. The summed E-state index contributed by atoms with van der Waals surface area (Å²) in [4.78, 5) is 4.28. The van der Waals surface area contributed by atoms with Crippen LogP contribution in [0, 0.1) is 0 Å². The van der Waals surface area contributed by atoms with E-state index in [2.05, 4.69) is 26.2 Å². The summed E-state index contributed by atoms with van der Waals surface area (Å²) in [6, 6.07) is 13.7. The highest BCUT2D eigenvalue weighted by Gasteiger charge is 1.99. The third-order valence-corrected chi connectivity index (χ3v) is 2.75. The maximum Gasteiger partial charge on any atom is 0.215 e. The zero-order valence-electron chi connectivity index (χ0n) is 9.48. The fourth-order valence-corrected chi connectivity index (χ4v) is 1.87. The number of halogens is 1. The highest BCUT2D eigenvalue weighted by molar-refractivity contribution is 9.10. The van der Waals surface area contributed by atoms with Crippen molar-refractivity contribution < 1.29 is 4.74 Å². The summed E-state index contributed by atoms with van der Waals surface area (Å²) in [5.74, 6) is 1.42. The molecule has 0 spiro atoms. The van der Waals surface area contributed by atoms with Crippen molar-refractivity contribution >= 4 is 21.7 Å². The fraction of sp³-hybridized carbons (Fsp3) is 0.154. The number of anilines is 1. The minimum Gasteiger partial charge on any atom is -0.473 e. The molecule has 0 saturated heterocycles. The van der Waals surface area contributed by atoms with E-state index in [0.29, 0.717) is 12.5 Å². The van der Waals surface area contributed by atoms with Gasteiger partial charge in [-0.3, -0.25) is 0 Å². The van der Waals surface area contributed by atoms with Crippen molar-refractivity contribution in [1.82, 2.24) is 4.98 Å². The number of nitrogens with zero attached hydrogens (tertiary/aromatic N) is 1. The van der Waals surface area contributed by atoms with Gasteiger partial charge in [-0.25, -0.2) is 0 Å². The summed E-state index contributed by atoms with van der Waals surface area (Å²) in [7, 11) is 1.83. The number of benzene rings is 1. The van der Waals surface area contributed by atoms with E-state index in [0.717, 1.165) is 15.9 Å². The standard InChI is InChI=1S/C13H13BrN2O/c1-15-12-6-3-7-13(16-12)17-9-10-4-2-5-11(14)8-10/h2-8H,9H2,1H3,(H,15,16). The van der Waals surface area contributed by atoms with Crippen LogP contribution in [-0.4, -0.2) is 12.0 Å². The molecule has 0 saturated carbocycles. The largest absolute Gasteiger partial charge is 0.473 e. The lowest BCUT2D eigenvalue weighted by molar-refractivity contribution is 0.294. The van der Waals surface area contributed by atoms with Gasteiger partial charge in [-0.05, 0) is 23.8 Å². The molecule has 2 aromatic rings. The van der Waals surface area contributed by atoms with Crippen molar-refractivity contribution in [1.29, 1.82) is 0 Å². The normalized spacial score (nSPS) is 10.0. The summed E-state index contributed by atoms with van der Waals surface area (Å²) in [5.41, 5.74) is 1.11. The average molecular weight is 293 g/mol. The maximum absolute atomic E-state index is 5.62. The zero-order chi connectivity index (χ0) is 12.1. The Labute approximate surface area is 109 Å². The Morgan fingerprint density at radius 2 is 2.06 bits per heavy atom. The molecule has 2 rings (SSSR count). The van der Waals surface area contributed by atoms with Gasteiger partial charge in [0.15, 0.2) is 0 Å². The zero-order valence-corrected chi connectivity index (χ0v) is 11.1. The Bertz CT molecular complexity index is 502. The summed E-state index contributed by atoms with van der Waals surface area (Å²) >= 11 is 3.43. The molecule has 1 N–H and O–H groups in total. The Hall–Kier alpha value is -1.55. The summed E-state index contributed by atoms with van der Waals surface area (Å²) < 4.78 is 6.67. The Kier molecular flexibility index (Phi) is 3.98. The number of hydrogen-bond acceptors (Lipinski definition) is 3. The number of ether oxygens (including phenoxy) is 1. The van der Waals surface area contributed by atoms with E-state index < -0.39 is 0 Å². The molecule has 3 nitrogen and oxygen atoms in total. The smallest absolute Gasteiger partial charge is 0.215 e. The number of hydrogen-bond donors (Lipinski definition) is 1. The average Bonchev–Trinajstić information content (AvgIpc) is 2.37. The number of rotatable bonds is 4. The van der Waals surface area contributed by atoms with Crippen molar-refractivity contribution in [2.75, 3.05) is 12.4 Å². The molecule has 0 fully saturated rings. The highest BCUT2D eigenvalue weighted by atomic mass is 79.9. The predicted octanol–water partition coefficient (Wildman–Crippen LogP) is 3.46. The molecule has 0 radical (unpaired) electrons. The summed E-state index contributed by atoms with van der Waals surface area (Å²) in [6.07, 6.45) is 0.